The average Bonchev–Trinajstić information content (AvgIpc) is 3.29. The standard InChI is InChI=1S/C21H20N6O2/c1-13-10-16(21(28)23-12-13)15-11-18(27-6-8-29-9-7-27)25-19-14(15)2-4-22-20(19)17-3-5-24-26-17/h2-5,10-12H,6-9H2,1H3,(H,23,28)(H,24,26). The lowest BCUT2D eigenvalue weighted by atomic mass is 10.0. The highest BCUT2D eigenvalue weighted by Gasteiger charge is 2.19. The fraction of sp³-hybridized carbons (Fsp3) is 0.238. The first-order chi connectivity index (χ1) is 14.2. The van der Waals surface area contributed by atoms with Crippen LogP contribution in [0.3, 0.4) is 0 Å². The van der Waals surface area contributed by atoms with Gasteiger partial charge in [-0.05, 0) is 36.8 Å². The van der Waals surface area contributed by atoms with Gasteiger partial charge in [-0.1, -0.05) is 0 Å². The quantitative estimate of drug-likeness (QED) is 0.559. The second kappa shape index (κ2) is 7.14. The van der Waals surface area contributed by atoms with Crippen molar-refractivity contribution in [3.05, 3.63) is 58.8 Å². The summed E-state index contributed by atoms with van der Waals surface area (Å²) >= 11 is 0. The Morgan fingerprint density at radius 1 is 1.10 bits per heavy atom. The molecule has 0 amide bonds. The molecule has 0 atom stereocenters. The summed E-state index contributed by atoms with van der Waals surface area (Å²) in [5.74, 6) is 0.811. The number of fused-ring (bicyclic) bond motifs is 1. The molecule has 0 aromatic carbocycles. The lowest BCUT2D eigenvalue weighted by molar-refractivity contribution is 0.122. The Bertz CT molecular complexity index is 1230. The molecule has 1 saturated heterocycles. The van der Waals surface area contributed by atoms with Crippen LogP contribution in [0.25, 0.3) is 33.4 Å². The molecule has 0 aliphatic carbocycles. The zero-order valence-electron chi connectivity index (χ0n) is 16.0. The van der Waals surface area contributed by atoms with Crippen LogP contribution in [0.15, 0.2) is 47.7 Å². The van der Waals surface area contributed by atoms with Crippen molar-refractivity contribution >= 4 is 16.7 Å². The predicted octanol–water partition coefficient (Wildman–Crippen LogP) is 2.52. The van der Waals surface area contributed by atoms with E-state index in [1.807, 2.05) is 31.2 Å². The van der Waals surface area contributed by atoms with Gasteiger partial charge in [0.15, 0.2) is 0 Å². The smallest absolute Gasteiger partial charge is 0.255 e. The number of anilines is 1. The number of rotatable bonds is 3. The molecule has 8 nitrogen and oxygen atoms in total. The Hall–Kier alpha value is -3.52. The van der Waals surface area contributed by atoms with Gasteiger partial charge >= 0.3 is 0 Å². The minimum Gasteiger partial charge on any atom is -0.378 e. The SMILES string of the molecule is Cc1c[nH]c(=O)c(-c2cc(N3CCOCC3)nc3c(-c4ccn[nH]4)nccc23)c1. The van der Waals surface area contributed by atoms with Gasteiger partial charge in [-0.25, -0.2) is 4.98 Å². The van der Waals surface area contributed by atoms with Gasteiger partial charge in [-0.3, -0.25) is 14.9 Å². The number of nitrogens with one attached hydrogen (secondary N) is 2. The number of aromatic nitrogens is 5. The molecular weight excluding hydrogens is 368 g/mol. The minimum absolute atomic E-state index is 0.129. The van der Waals surface area contributed by atoms with E-state index >= 15 is 0 Å². The molecule has 0 saturated carbocycles. The van der Waals surface area contributed by atoms with E-state index in [0.29, 0.717) is 24.5 Å². The Morgan fingerprint density at radius 2 is 1.97 bits per heavy atom. The van der Waals surface area contributed by atoms with Gasteiger partial charge < -0.3 is 14.6 Å². The highest BCUT2D eigenvalue weighted by atomic mass is 16.5. The summed E-state index contributed by atoms with van der Waals surface area (Å²) in [6.07, 6.45) is 5.14. The van der Waals surface area contributed by atoms with Crippen molar-refractivity contribution in [2.45, 2.75) is 6.92 Å². The lowest BCUT2D eigenvalue weighted by Gasteiger charge is -2.28. The molecule has 5 rings (SSSR count). The summed E-state index contributed by atoms with van der Waals surface area (Å²) in [5.41, 5.74) is 4.54. The highest BCUT2D eigenvalue weighted by Crippen LogP contribution is 2.34. The van der Waals surface area contributed by atoms with E-state index in [4.69, 9.17) is 9.72 Å². The molecule has 0 radical (unpaired) electrons. The molecule has 29 heavy (non-hydrogen) atoms. The van der Waals surface area contributed by atoms with Crippen LogP contribution in [0, 0.1) is 6.92 Å². The summed E-state index contributed by atoms with van der Waals surface area (Å²) in [6.45, 7) is 4.77. The zero-order chi connectivity index (χ0) is 19.8. The third-order valence-corrected chi connectivity index (χ3v) is 5.14. The first kappa shape index (κ1) is 17.6. The molecular formula is C21H20N6O2. The molecule has 4 aromatic heterocycles. The molecule has 4 aromatic rings. The monoisotopic (exact) mass is 388 g/mol. The maximum Gasteiger partial charge on any atom is 0.255 e. The molecule has 0 unspecified atom stereocenters. The van der Waals surface area contributed by atoms with E-state index in [9.17, 15) is 4.79 Å². The van der Waals surface area contributed by atoms with E-state index in [1.54, 1.807) is 18.6 Å². The Balaban J connectivity index is 1.82. The van der Waals surface area contributed by atoms with E-state index in [0.717, 1.165) is 46.6 Å². The normalized spacial score (nSPS) is 14.4. The summed E-state index contributed by atoms with van der Waals surface area (Å²) in [4.78, 5) is 27.2. The molecule has 146 valence electrons. The molecule has 0 bridgehead atoms. The van der Waals surface area contributed by atoms with Crippen LogP contribution in [0.1, 0.15) is 5.56 Å². The van der Waals surface area contributed by atoms with Crippen LogP contribution in [-0.2, 0) is 4.74 Å². The van der Waals surface area contributed by atoms with Crippen molar-refractivity contribution in [1.29, 1.82) is 0 Å². The third-order valence-electron chi connectivity index (χ3n) is 5.14. The highest BCUT2D eigenvalue weighted by molar-refractivity contribution is 6.01. The number of nitrogens with zero attached hydrogens (tertiary/aromatic N) is 4. The van der Waals surface area contributed by atoms with E-state index in [2.05, 4.69) is 25.1 Å². The van der Waals surface area contributed by atoms with Crippen LogP contribution in [0.4, 0.5) is 5.82 Å². The van der Waals surface area contributed by atoms with Gasteiger partial charge in [0.25, 0.3) is 5.56 Å². The van der Waals surface area contributed by atoms with Gasteiger partial charge in [0.2, 0.25) is 0 Å². The number of pyridine rings is 3. The van der Waals surface area contributed by atoms with Crippen LogP contribution in [-0.4, -0.2) is 51.5 Å². The number of aromatic amines is 2. The molecule has 5 heterocycles. The fourth-order valence-electron chi connectivity index (χ4n) is 3.69. The molecule has 0 spiro atoms. The second-order valence-corrected chi connectivity index (χ2v) is 7.07. The van der Waals surface area contributed by atoms with Gasteiger partial charge in [-0.15, -0.1) is 0 Å². The third kappa shape index (κ3) is 3.17. The van der Waals surface area contributed by atoms with Crippen LogP contribution in [0.2, 0.25) is 0 Å². The molecule has 8 heteroatoms. The van der Waals surface area contributed by atoms with Crippen LogP contribution >= 0.6 is 0 Å². The first-order valence-corrected chi connectivity index (χ1v) is 9.52. The summed E-state index contributed by atoms with van der Waals surface area (Å²) in [6, 6.07) is 7.67. The average molecular weight is 388 g/mol. The van der Waals surface area contributed by atoms with Crippen LogP contribution in [0.5, 0.6) is 0 Å². The van der Waals surface area contributed by atoms with Gasteiger partial charge in [0, 0.05) is 48.2 Å². The van der Waals surface area contributed by atoms with E-state index < -0.39 is 0 Å². The first-order valence-electron chi connectivity index (χ1n) is 9.52. The number of aryl methyl sites for hydroxylation is 1. The zero-order valence-corrected chi connectivity index (χ0v) is 16.0. The van der Waals surface area contributed by atoms with Gasteiger partial charge in [-0.2, -0.15) is 5.10 Å². The molecule has 1 aliphatic heterocycles. The number of morpholine rings is 1. The van der Waals surface area contributed by atoms with Crippen molar-refractivity contribution in [2.75, 3.05) is 31.2 Å². The second-order valence-electron chi connectivity index (χ2n) is 7.07. The maximum absolute atomic E-state index is 12.7. The number of hydrogen-bond acceptors (Lipinski definition) is 6. The Labute approximate surface area is 166 Å². The van der Waals surface area contributed by atoms with E-state index in [-0.39, 0.29) is 5.56 Å². The topological polar surface area (TPSA) is 99.8 Å². The number of ether oxygens (including phenoxy) is 1. The summed E-state index contributed by atoms with van der Waals surface area (Å²) in [5, 5.41) is 7.89. The van der Waals surface area contributed by atoms with Crippen molar-refractivity contribution in [3.63, 3.8) is 0 Å². The molecule has 2 N–H and O–H groups in total. The number of H-pyrrole nitrogens is 2. The summed E-state index contributed by atoms with van der Waals surface area (Å²) < 4.78 is 5.49. The van der Waals surface area contributed by atoms with Crippen molar-refractivity contribution in [2.24, 2.45) is 0 Å². The maximum atomic E-state index is 12.7. The largest absolute Gasteiger partial charge is 0.378 e. The number of hydrogen-bond donors (Lipinski definition) is 2. The summed E-state index contributed by atoms with van der Waals surface area (Å²) in [7, 11) is 0. The Morgan fingerprint density at radius 3 is 2.76 bits per heavy atom. The fourth-order valence-corrected chi connectivity index (χ4v) is 3.69. The van der Waals surface area contributed by atoms with Gasteiger partial charge in [0.05, 0.1) is 18.9 Å². The predicted molar refractivity (Wildman–Crippen MR) is 111 cm³/mol. The molecule has 1 aliphatic rings. The van der Waals surface area contributed by atoms with Crippen LogP contribution < -0.4 is 10.5 Å². The minimum atomic E-state index is -0.129. The van der Waals surface area contributed by atoms with Gasteiger partial charge in [0.1, 0.15) is 17.0 Å². The lowest BCUT2D eigenvalue weighted by Crippen LogP contribution is -2.36. The van der Waals surface area contributed by atoms with E-state index in [1.165, 1.54) is 0 Å². The van der Waals surface area contributed by atoms with Crippen molar-refractivity contribution in [1.82, 2.24) is 25.1 Å². The van der Waals surface area contributed by atoms with Crippen molar-refractivity contribution < 1.29 is 4.74 Å². The molecule has 1 fully saturated rings. The van der Waals surface area contributed by atoms with Crippen molar-refractivity contribution in [3.8, 4) is 22.5 Å². The Kier molecular flexibility index (Phi) is 4.33.